The molecule has 0 aromatic heterocycles. The van der Waals surface area contributed by atoms with Gasteiger partial charge in [-0.15, -0.1) is 0 Å². The molecule has 26 heavy (non-hydrogen) atoms. The summed E-state index contributed by atoms with van der Waals surface area (Å²) >= 11 is 0. The van der Waals surface area contributed by atoms with E-state index in [1.54, 1.807) is 36.5 Å². The summed E-state index contributed by atoms with van der Waals surface area (Å²) in [4.78, 5) is 8.37. The largest absolute Gasteiger partial charge is 0.508 e. The molecule has 0 saturated heterocycles. The summed E-state index contributed by atoms with van der Waals surface area (Å²) in [6, 6.07) is 11.6. The van der Waals surface area contributed by atoms with Crippen molar-refractivity contribution in [2.45, 2.75) is 5.79 Å². The van der Waals surface area contributed by atoms with Crippen LogP contribution in [0.2, 0.25) is 0 Å². The summed E-state index contributed by atoms with van der Waals surface area (Å²) in [5.74, 6) is -1.22. The fourth-order valence-corrected chi connectivity index (χ4v) is 2.71. The van der Waals surface area contributed by atoms with E-state index in [1.165, 1.54) is 12.1 Å². The third kappa shape index (κ3) is 2.98. The van der Waals surface area contributed by atoms with E-state index in [4.69, 9.17) is 10.5 Å². The van der Waals surface area contributed by atoms with E-state index in [-0.39, 0.29) is 11.6 Å². The van der Waals surface area contributed by atoms with Crippen LogP contribution in [0, 0.1) is 0 Å². The lowest BCUT2D eigenvalue weighted by Crippen LogP contribution is -2.51. The highest BCUT2D eigenvalue weighted by Gasteiger charge is 2.32. The van der Waals surface area contributed by atoms with Gasteiger partial charge in [0.1, 0.15) is 29.6 Å². The third-order valence-corrected chi connectivity index (χ3v) is 3.99. The predicted molar refractivity (Wildman–Crippen MR) is 97.4 cm³/mol. The van der Waals surface area contributed by atoms with Crippen LogP contribution in [0.4, 0.5) is 15.8 Å². The molecule has 2 aromatic carbocycles. The van der Waals surface area contributed by atoms with E-state index < -0.39 is 11.6 Å². The summed E-state index contributed by atoms with van der Waals surface area (Å²) in [7, 11) is 0. The minimum absolute atomic E-state index is 0.0468. The van der Waals surface area contributed by atoms with Crippen LogP contribution in [-0.4, -0.2) is 24.1 Å². The quantitative estimate of drug-likeness (QED) is 0.679. The Kier molecular flexibility index (Phi) is 3.81. The van der Waals surface area contributed by atoms with Crippen LogP contribution in [-0.2, 0) is 5.79 Å². The molecule has 2 aliphatic rings. The van der Waals surface area contributed by atoms with Gasteiger partial charge in [-0.1, -0.05) is 6.07 Å². The third-order valence-electron chi connectivity index (χ3n) is 3.99. The van der Waals surface area contributed by atoms with Crippen LogP contribution in [0.1, 0.15) is 5.56 Å². The average Bonchev–Trinajstić information content (AvgIpc) is 2.64. The number of nitrogens with two attached hydrogens (primary N) is 1. The SMILES string of the molecule is NC1(c2ccc3c(c2)N=CCO3)N=CC(F)=C(Nc2cccc(O)c2)N1. The lowest BCUT2D eigenvalue weighted by atomic mass is 10.1. The van der Waals surface area contributed by atoms with Crippen molar-refractivity contribution < 1.29 is 14.2 Å². The summed E-state index contributed by atoms with van der Waals surface area (Å²) in [5, 5.41) is 15.3. The minimum atomic E-state index is -1.38. The Morgan fingerprint density at radius 1 is 1.27 bits per heavy atom. The number of aliphatic imine (C=N–C) groups is 2. The van der Waals surface area contributed by atoms with Gasteiger partial charge in [0.25, 0.3) is 0 Å². The van der Waals surface area contributed by atoms with E-state index in [9.17, 15) is 9.50 Å². The summed E-state index contributed by atoms with van der Waals surface area (Å²) in [6.07, 6.45) is 2.71. The summed E-state index contributed by atoms with van der Waals surface area (Å²) in [6.45, 7) is 0.419. The number of hydrogen-bond donors (Lipinski definition) is 4. The van der Waals surface area contributed by atoms with Crippen molar-refractivity contribution in [1.82, 2.24) is 5.32 Å². The zero-order valence-electron chi connectivity index (χ0n) is 13.6. The van der Waals surface area contributed by atoms with Gasteiger partial charge < -0.3 is 20.5 Å². The molecular weight excluding hydrogens is 337 g/mol. The molecule has 1 atom stereocenters. The van der Waals surface area contributed by atoms with Crippen LogP contribution in [0.5, 0.6) is 11.5 Å². The average molecular weight is 353 g/mol. The molecule has 0 bridgehead atoms. The van der Waals surface area contributed by atoms with Gasteiger partial charge in [0.05, 0.1) is 6.21 Å². The first-order chi connectivity index (χ1) is 12.5. The van der Waals surface area contributed by atoms with Gasteiger partial charge in [-0.05, 0) is 30.3 Å². The second kappa shape index (κ2) is 6.16. The lowest BCUT2D eigenvalue weighted by molar-refractivity contribution is 0.371. The topological polar surface area (TPSA) is 104 Å². The number of phenols is 1. The molecule has 5 N–H and O–H groups in total. The van der Waals surface area contributed by atoms with Gasteiger partial charge in [-0.25, -0.2) is 9.38 Å². The zero-order valence-corrected chi connectivity index (χ0v) is 13.6. The smallest absolute Gasteiger partial charge is 0.210 e. The van der Waals surface area contributed by atoms with Gasteiger partial charge in [0.2, 0.25) is 5.79 Å². The van der Waals surface area contributed by atoms with E-state index in [0.29, 0.717) is 29.3 Å². The summed E-state index contributed by atoms with van der Waals surface area (Å²) in [5.41, 5.74) is 8.09. The zero-order chi connectivity index (χ0) is 18.1. The molecular formula is C18H16FN5O2. The Morgan fingerprint density at radius 2 is 2.15 bits per heavy atom. The first kappa shape index (κ1) is 16.1. The Bertz CT molecular complexity index is 956. The maximum atomic E-state index is 14.2. The van der Waals surface area contributed by atoms with Crippen molar-refractivity contribution in [1.29, 1.82) is 0 Å². The highest BCUT2D eigenvalue weighted by molar-refractivity contribution is 5.80. The van der Waals surface area contributed by atoms with Crippen LogP contribution in [0.3, 0.4) is 0 Å². The van der Waals surface area contributed by atoms with Crippen molar-refractivity contribution in [3.8, 4) is 11.5 Å². The van der Waals surface area contributed by atoms with E-state index in [0.717, 1.165) is 6.21 Å². The Labute approximate surface area is 148 Å². The molecule has 0 fully saturated rings. The van der Waals surface area contributed by atoms with E-state index in [2.05, 4.69) is 20.6 Å². The number of rotatable bonds is 3. The highest BCUT2D eigenvalue weighted by Crippen LogP contribution is 2.34. The molecule has 0 saturated carbocycles. The van der Waals surface area contributed by atoms with Crippen molar-refractivity contribution in [3.63, 3.8) is 0 Å². The maximum absolute atomic E-state index is 14.2. The van der Waals surface area contributed by atoms with Crippen molar-refractivity contribution in [2.24, 2.45) is 15.7 Å². The molecule has 0 spiro atoms. The van der Waals surface area contributed by atoms with Crippen molar-refractivity contribution >= 4 is 23.8 Å². The molecule has 2 aliphatic heterocycles. The van der Waals surface area contributed by atoms with Gasteiger partial charge in [0.15, 0.2) is 5.83 Å². The number of nitrogens with zero attached hydrogens (tertiary/aromatic N) is 2. The van der Waals surface area contributed by atoms with Crippen LogP contribution >= 0.6 is 0 Å². The number of halogens is 1. The number of benzene rings is 2. The molecule has 1 unspecified atom stereocenters. The molecule has 2 heterocycles. The Morgan fingerprint density at radius 3 is 3.00 bits per heavy atom. The molecule has 4 rings (SSSR count). The van der Waals surface area contributed by atoms with Crippen LogP contribution in [0.25, 0.3) is 0 Å². The standard InChI is InChI=1S/C18H16FN5O2/c19-14-10-22-18(20,11-4-5-16-15(8-11)21-6-7-26-16)24-17(14)23-12-2-1-3-13(25)9-12/h1-6,8-10,23-25H,7,20H2. The van der Waals surface area contributed by atoms with Gasteiger partial charge in [-0.3, -0.25) is 10.7 Å². The lowest BCUT2D eigenvalue weighted by Gasteiger charge is -2.32. The monoisotopic (exact) mass is 353 g/mol. The van der Waals surface area contributed by atoms with Gasteiger partial charge in [0, 0.05) is 23.5 Å². The molecule has 7 nitrogen and oxygen atoms in total. The van der Waals surface area contributed by atoms with Gasteiger partial charge in [-0.2, -0.15) is 0 Å². The minimum Gasteiger partial charge on any atom is -0.508 e. The number of aromatic hydroxyl groups is 1. The number of nitrogens with one attached hydrogen (secondary N) is 2. The number of fused-ring (bicyclic) bond motifs is 1. The number of phenolic OH excluding ortho intramolecular Hbond substituents is 1. The highest BCUT2D eigenvalue weighted by atomic mass is 19.1. The Balaban J connectivity index is 1.63. The maximum Gasteiger partial charge on any atom is 0.210 e. The predicted octanol–water partition coefficient (Wildman–Crippen LogP) is 2.48. The molecule has 0 aliphatic carbocycles. The van der Waals surface area contributed by atoms with Crippen molar-refractivity contribution in [2.75, 3.05) is 11.9 Å². The van der Waals surface area contributed by atoms with Crippen molar-refractivity contribution in [3.05, 3.63) is 59.7 Å². The number of anilines is 1. The normalized spacial score (nSPS) is 21.0. The van der Waals surface area contributed by atoms with Crippen LogP contribution < -0.4 is 21.1 Å². The second-order valence-electron chi connectivity index (χ2n) is 5.85. The summed E-state index contributed by atoms with van der Waals surface area (Å²) < 4.78 is 19.7. The second-order valence-corrected chi connectivity index (χ2v) is 5.85. The fraction of sp³-hybridized carbons (Fsp3) is 0.111. The molecule has 0 radical (unpaired) electrons. The number of ether oxygens (including phenoxy) is 1. The fourth-order valence-electron chi connectivity index (χ4n) is 2.71. The Hall–Kier alpha value is -3.39. The molecule has 8 heteroatoms. The first-order valence-electron chi connectivity index (χ1n) is 7.91. The molecule has 132 valence electrons. The van der Waals surface area contributed by atoms with E-state index in [1.807, 2.05) is 0 Å². The number of allylic oxidation sites excluding steroid dienone is 1. The number of hydrogen-bond acceptors (Lipinski definition) is 7. The first-order valence-corrected chi connectivity index (χ1v) is 7.91. The van der Waals surface area contributed by atoms with Crippen LogP contribution in [0.15, 0.2) is 64.1 Å². The molecule has 2 aromatic rings. The van der Waals surface area contributed by atoms with E-state index >= 15 is 0 Å². The molecule has 0 amide bonds. The van der Waals surface area contributed by atoms with Gasteiger partial charge >= 0.3 is 0 Å².